The number of hydrogen-bond donors (Lipinski definition) is 1. The lowest BCUT2D eigenvalue weighted by Gasteiger charge is -2.15. The molecular weight excluding hydrogens is 214 g/mol. The van der Waals surface area contributed by atoms with Gasteiger partial charge in [-0.25, -0.2) is 0 Å². The second-order valence-electron chi connectivity index (χ2n) is 3.87. The van der Waals surface area contributed by atoms with Gasteiger partial charge in [0.05, 0.1) is 6.61 Å². The van der Waals surface area contributed by atoms with Crippen molar-refractivity contribution in [1.29, 1.82) is 0 Å². The van der Waals surface area contributed by atoms with Gasteiger partial charge in [-0.05, 0) is 42.5 Å². The molecular formula is C14H21NO2. The Morgan fingerprint density at radius 3 is 2.35 bits per heavy atom. The van der Waals surface area contributed by atoms with Gasteiger partial charge in [0.25, 0.3) is 0 Å². The SMILES string of the molecule is CCOc1cc(CNC=O)c(CC)cc1CC. The minimum absolute atomic E-state index is 0.566. The predicted octanol–water partition coefficient (Wildman–Crippen LogP) is 2.46. The van der Waals surface area contributed by atoms with Gasteiger partial charge in [-0.1, -0.05) is 19.9 Å². The molecule has 0 aromatic heterocycles. The number of aryl methyl sites for hydroxylation is 2. The molecule has 1 N–H and O–H groups in total. The van der Waals surface area contributed by atoms with Crippen molar-refractivity contribution in [3.8, 4) is 5.75 Å². The standard InChI is InChI=1S/C14H21NO2/c1-4-11-7-12(5-2)14(17-6-3)8-13(11)9-15-10-16/h7-8,10H,4-6,9H2,1-3H3,(H,15,16). The molecule has 0 aliphatic heterocycles. The van der Waals surface area contributed by atoms with Gasteiger partial charge < -0.3 is 10.1 Å². The molecule has 0 radical (unpaired) electrons. The first kappa shape index (κ1) is 13.6. The number of carbonyl (C=O) groups is 1. The summed E-state index contributed by atoms with van der Waals surface area (Å²) in [6.07, 6.45) is 2.66. The lowest BCUT2D eigenvalue weighted by molar-refractivity contribution is -0.109. The highest BCUT2D eigenvalue weighted by Crippen LogP contribution is 2.25. The normalized spacial score (nSPS) is 10.1. The fourth-order valence-corrected chi connectivity index (χ4v) is 1.93. The number of rotatable bonds is 7. The second kappa shape index (κ2) is 6.94. The number of nitrogens with one attached hydrogen (secondary N) is 1. The highest BCUT2D eigenvalue weighted by molar-refractivity contribution is 5.48. The molecule has 0 spiro atoms. The van der Waals surface area contributed by atoms with Gasteiger partial charge in [0.1, 0.15) is 5.75 Å². The van der Waals surface area contributed by atoms with Crippen molar-refractivity contribution in [2.24, 2.45) is 0 Å². The zero-order valence-electron chi connectivity index (χ0n) is 10.9. The van der Waals surface area contributed by atoms with Crippen LogP contribution in [0.25, 0.3) is 0 Å². The van der Waals surface area contributed by atoms with Crippen LogP contribution in [0.15, 0.2) is 12.1 Å². The van der Waals surface area contributed by atoms with E-state index in [9.17, 15) is 4.79 Å². The fraction of sp³-hybridized carbons (Fsp3) is 0.500. The molecule has 0 aliphatic carbocycles. The first-order valence-corrected chi connectivity index (χ1v) is 6.21. The Morgan fingerprint density at radius 2 is 1.82 bits per heavy atom. The topological polar surface area (TPSA) is 38.3 Å². The highest BCUT2D eigenvalue weighted by Gasteiger charge is 2.08. The van der Waals surface area contributed by atoms with Gasteiger partial charge in [0.15, 0.2) is 0 Å². The van der Waals surface area contributed by atoms with Crippen LogP contribution in [0.3, 0.4) is 0 Å². The van der Waals surface area contributed by atoms with Crippen molar-refractivity contribution >= 4 is 6.41 Å². The average Bonchev–Trinajstić information content (AvgIpc) is 2.36. The fourth-order valence-electron chi connectivity index (χ4n) is 1.93. The number of carbonyl (C=O) groups excluding carboxylic acids is 1. The molecule has 0 heterocycles. The van der Waals surface area contributed by atoms with Crippen LogP contribution in [0.2, 0.25) is 0 Å². The summed E-state index contributed by atoms with van der Waals surface area (Å²) in [6.45, 7) is 7.46. The van der Waals surface area contributed by atoms with E-state index in [1.54, 1.807) is 0 Å². The zero-order valence-corrected chi connectivity index (χ0v) is 10.9. The van der Waals surface area contributed by atoms with Crippen molar-refractivity contribution in [1.82, 2.24) is 5.32 Å². The van der Waals surface area contributed by atoms with Crippen molar-refractivity contribution in [2.75, 3.05) is 6.61 Å². The second-order valence-corrected chi connectivity index (χ2v) is 3.87. The molecule has 1 amide bonds. The molecule has 1 aromatic carbocycles. The van der Waals surface area contributed by atoms with Gasteiger partial charge in [0, 0.05) is 6.54 Å². The van der Waals surface area contributed by atoms with Crippen LogP contribution in [0.1, 0.15) is 37.5 Å². The first-order valence-electron chi connectivity index (χ1n) is 6.21. The minimum atomic E-state index is 0.566. The number of ether oxygens (including phenoxy) is 1. The summed E-state index contributed by atoms with van der Waals surface area (Å²) in [5, 5.41) is 2.71. The average molecular weight is 235 g/mol. The number of amides is 1. The summed E-state index contributed by atoms with van der Waals surface area (Å²) < 4.78 is 5.63. The monoisotopic (exact) mass is 235 g/mol. The largest absolute Gasteiger partial charge is 0.494 e. The molecule has 1 rings (SSSR count). The molecule has 0 bridgehead atoms. The molecule has 0 saturated heterocycles. The maximum absolute atomic E-state index is 10.4. The molecule has 0 fully saturated rings. The van der Waals surface area contributed by atoms with E-state index in [0.717, 1.165) is 30.6 Å². The minimum Gasteiger partial charge on any atom is -0.494 e. The van der Waals surface area contributed by atoms with Gasteiger partial charge in [-0.15, -0.1) is 0 Å². The van der Waals surface area contributed by atoms with E-state index in [1.807, 2.05) is 6.92 Å². The van der Waals surface area contributed by atoms with Crippen molar-refractivity contribution in [2.45, 2.75) is 40.2 Å². The summed E-state index contributed by atoms with van der Waals surface area (Å²) in [5.74, 6) is 0.940. The summed E-state index contributed by atoms with van der Waals surface area (Å²) in [7, 11) is 0. The van der Waals surface area contributed by atoms with Crippen molar-refractivity contribution in [3.63, 3.8) is 0 Å². The molecule has 3 nitrogen and oxygen atoms in total. The smallest absolute Gasteiger partial charge is 0.207 e. The van der Waals surface area contributed by atoms with E-state index in [4.69, 9.17) is 4.74 Å². The van der Waals surface area contributed by atoms with Crippen LogP contribution in [0.4, 0.5) is 0 Å². The Labute approximate surface area is 103 Å². The summed E-state index contributed by atoms with van der Waals surface area (Å²) in [6, 6.07) is 4.24. The molecule has 1 aromatic rings. The summed E-state index contributed by atoms with van der Waals surface area (Å²) >= 11 is 0. The van der Waals surface area contributed by atoms with E-state index < -0.39 is 0 Å². The molecule has 17 heavy (non-hydrogen) atoms. The van der Waals surface area contributed by atoms with E-state index in [0.29, 0.717) is 13.2 Å². The quantitative estimate of drug-likeness (QED) is 0.737. The van der Waals surface area contributed by atoms with Gasteiger partial charge in [-0.3, -0.25) is 4.79 Å². The van der Waals surface area contributed by atoms with Crippen LogP contribution in [0.5, 0.6) is 5.75 Å². The van der Waals surface area contributed by atoms with Gasteiger partial charge >= 0.3 is 0 Å². The third kappa shape index (κ3) is 3.48. The van der Waals surface area contributed by atoms with E-state index in [2.05, 4.69) is 31.3 Å². The Balaban J connectivity index is 3.08. The predicted molar refractivity (Wildman–Crippen MR) is 69.3 cm³/mol. The van der Waals surface area contributed by atoms with E-state index in [-0.39, 0.29) is 0 Å². The zero-order chi connectivity index (χ0) is 12.7. The van der Waals surface area contributed by atoms with Crippen LogP contribution in [0, 0.1) is 0 Å². The maximum atomic E-state index is 10.4. The molecule has 0 unspecified atom stereocenters. The van der Waals surface area contributed by atoms with E-state index >= 15 is 0 Å². The van der Waals surface area contributed by atoms with E-state index in [1.165, 1.54) is 11.1 Å². The number of hydrogen-bond acceptors (Lipinski definition) is 2. The number of benzene rings is 1. The van der Waals surface area contributed by atoms with Crippen LogP contribution in [-0.2, 0) is 24.2 Å². The van der Waals surface area contributed by atoms with Crippen LogP contribution < -0.4 is 10.1 Å². The van der Waals surface area contributed by atoms with Crippen LogP contribution in [-0.4, -0.2) is 13.0 Å². The van der Waals surface area contributed by atoms with Crippen molar-refractivity contribution < 1.29 is 9.53 Å². The third-order valence-corrected chi connectivity index (χ3v) is 2.82. The maximum Gasteiger partial charge on any atom is 0.207 e. The molecule has 3 heteroatoms. The summed E-state index contributed by atoms with van der Waals surface area (Å²) in [5.41, 5.74) is 3.65. The lowest BCUT2D eigenvalue weighted by atomic mass is 9.99. The lowest BCUT2D eigenvalue weighted by Crippen LogP contribution is -2.12. The third-order valence-electron chi connectivity index (χ3n) is 2.82. The Hall–Kier alpha value is -1.51. The van der Waals surface area contributed by atoms with Gasteiger partial charge in [0.2, 0.25) is 6.41 Å². The molecule has 94 valence electrons. The van der Waals surface area contributed by atoms with Crippen molar-refractivity contribution in [3.05, 3.63) is 28.8 Å². The summed E-state index contributed by atoms with van der Waals surface area (Å²) in [4.78, 5) is 10.4. The first-order chi connectivity index (χ1) is 8.26. The Kier molecular flexibility index (Phi) is 5.53. The molecule has 0 atom stereocenters. The Morgan fingerprint density at radius 1 is 1.12 bits per heavy atom. The Bertz CT molecular complexity index is 375. The van der Waals surface area contributed by atoms with Gasteiger partial charge in [-0.2, -0.15) is 0 Å². The highest BCUT2D eigenvalue weighted by atomic mass is 16.5. The van der Waals surface area contributed by atoms with Crippen LogP contribution >= 0.6 is 0 Å². The molecule has 0 aliphatic rings. The molecule has 0 saturated carbocycles.